The Hall–Kier alpha value is -3.33. The van der Waals surface area contributed by atoms with Crippen molar-refractivity contribution in [1.82, 2.24) is 19.9 Å². The summed E-state index contributed by atoms with van der Waals surface area (Å²) in [5.41, 5.74) is 11.8. The van der Waals surface area contributed by atoms with Gasteiger partial charge in [0.25, 0.3) is 5.91 Å². The van der Waals surface area contributed by atoms with E-state index in [1.807, 2.05) is 30.9 Å². The van der Waals surface area contributed by atoms with Gasteiger partial charge in [0.1, 0.15) is 5.69 Å². The van der Waals surface area contributed by atoms with Gasteiger partial charge in [0.05, 0.1) is 11.4 Å². The summed E-state index contributed by atoms with van der Waals surface area (Å²) in [6, 6.07) is 9.32. The van der Waals surface area contributed by atoms with Gasteiger partial charge >= 0.3 is 6.18 Å². The molecule has 32 heavy (non-hydrogen) atoms. The number of carbonyl (C=O) groups is 1. The van der Waals surface area contributed by atoms with Crippen LogP contribution >= 0.6 is 0 Å². The van der Waals surface area contributed by atoms with E-state index in [1.165, 1.54) is 6.07 Å². The van der Waals surface area contributed by atoms with Crippen LogP contribution < -0.4 is 5.73 Å². The molecule has 6 nitrogen and oxygen atoms in total. The van der Waals surface area contributed by atoms with E-state index >= 15 is 0 Å². The first-order valence-electron chi connectivity index (χ1n) is 10.1. The fourth-order valence-electron chi connectivity index (χ4n) is 4.06. The number of hydrogen-bond acceptors (Lipinski definition) is 5. The standard InChI is InChI=1S/C23H22F3N5O/c1-13-3-4-16(14(2)9-13)18-10-19(21(27)32)30-20-12-31(8-6-17(18)20)11-15-5-7-28-22(29-15)23(24,25)26/h3-5,7,9-10H,6,8,11-12H2,1-2H3,(H2,27,32). The minimum atomic E-state index is -4.59. The van der Waals surface area contributed by atoms with Gasteiger partial charge in [-0.2, -0.15) is 13.2 Å². The van der Waals surface area contributed by atoms with Crippen molar-refractivity contribution in [2.45, 2.75) is 39.5 Å². The van der Waals surface area contributed by atoms with E-state index in [-0.39, 0.29) is 17.9 Å². The molecule has 4 rings (SSSR count). The molecular weight excluding hydrogens is 419 g/mol. The largest absolute Gasteiger partial charge is 0.451 e. The second kappa shape index (κ2) is 8.31. The third kappa shape index (κ3) is 4.47. The summed E-state index contributed by atoms with van der Waals surface area (Å²) in [5.74, 6) is -1.78. The Balaban J connectivity index is 1.67. The highest BCUT2D eigenvalue weighted by molar-refractivity contribution is 5.92. The number of aryl methyl sites for hydroxylation is 2. The van der Waals surface area contributed by atoms with Crippen molar-refractivity contribution >= 4 is 5.91 Å². The zero-order valence-electron chi connectivity index (χ0n) is 17.7. The molecule has 0 unspecified atom stereocenters. The zero-order chi connectivity index (χ0) is 23.0. The van der Waals surface area contributed by atoms with Crippen molar-refractivity contribution in [2.75, 3.05) is 6.54 Å². The summed E-state index contributed by atoms with van der Waals surface area (Å²) in [4.78, 5) is 25.3. The van der Waals surface area contributed by atoms with Crippen LogP contribution in [0, 0.1) is 13.8 Å². The first-order valence-corrected chi connectivity index (χ1v) is 10.1. The summed E-state index contributed by atoms with van der Waals surface area (Å²) in [6.45, 7) is 5.24. The van der Waals surface area contributed by atoms with Crippen LogP contribution in [0.3, 0.4) is 0 Å². The molecule has 2 N–H and O–H groups in total. The fraction of sp³-hybridized carbons (Fsp3) is 0.304. The number of hydrogen-bond donors (Lipinski definition) is 1. The lowest BCUT2D eigenvalue weighted by Crippen LogP contribution is -2.32. The molecular formula is C23H22F3N5O. The molecule has 0 aliphatic carbocycles. The molecule has 3 aromatic rings. The van der Waals surface area contributed by atoms with Crippen molar-refractivity contribution in [1.29, 1.82) is 0 Å². The number of carbonyl (C=O) groups excluding carboxylic acids is 1. The van der Waals surface area contributed by atoms with Gasteiger partial charge in [0.2, 0.25) is 5.82 Å². The smallest absolute Gasteiger partial charge is 0.364 e. The molecule has 3 heterocycles. The quantitative estimate of drug-likeness (QED) is 0.665. The van der Waals surface area contributed by atoms with Crippen LogP contribution in [0.2, 0.25) is 0 Å². The van der Waals surface area contributed by atoms with E-state index in [0.29, 0.717) is 25.2 Å². The van der Waals surface area contributed by atoms with Crippen molar-refractivity contribution in [3.8, 4) is 11.1 Å². The molecule has 0 atom stereocenters. The number of pyridine rings is 1. The van der Waals surface area contributed by atoms with Crippen LogP contribution in [0.1, 0.15) is 44.4 Å². The number of alkyl halides is 3. The van der Waals surface area contributed by atoms with Crippen molar-refractivity contribution < 1.29 is 18.0 Å². The predicted octanol–water partition coefficient (Wildman–Crippen LogP) is 3.83. The molecule has 0 fully saturated rings. The van der Waals surface area contributed by atoms with Crippen molar-refractivity contribution in [2.24, 2.45) is 5.73 Å². The molecule has 166 valence electrons. The summed E-state index contributed by atoms with van der Waals surface area (Å²) in [6.07, 6.45) is -2.84. The molecule has 0 saturated heterocycles. The number of primary amides is 1. The van der Waals surface area contributed by atoms with Crippen LogP contribution in [0.5, 0.6) is 0 Å². The third-order valence-electron chi connectivity index (χ3n) is 5.54. The van der Waals surface area contributed by atoms with Crippen molar-refractivity contribution in [3.05, 3.63) is 76.1 Å². The second-order valence-electron chi connectivity index (χ2n) is 7.99. The Morgan fingerprint density at radius 2 is 1.91 bits per heavy atom. The van der Waals surface area contributed by atoms with Gasteiger partial charge < -0.3 is 5.73 Å². The summed E-state index contributed by atoms with van der Waals surface area (Å²) >= 11 is 0. The van der Waals surface area contributed by atoms with Gasteiger partial charge in [0.15, 0.2) is 0 Å². The molecule has 1 aliphatic rings. The van der Waals surface area contributed by atoms with Crippen molar-refractivity contribution in [3.63, 3.8) is 0 Å². The fourth-order valence-corrected chi connectivity index (χ4v) is 4.06. The predicted molar refractivity (Wildman–Crippen MR) is 113 cm³/mol. The van der Waals surface area contributed by atoms with Gasteiger partial charge in [0, 0.05) is 25.8 Å². The van der Waals surface area contributed by atoms with E-state index in [9.17, 15) is 18.0 Å². The first kappa shape index (κ1) is 21.9. The van der Waals surface area contributed by atoms with E-state index in [0.717, 1.165) is 34.0 Å². The topological polar surface area (TPSA) is 85.0 Å². The molecule has 1 aliphatic heterocycles. The number of nitrogens with two attached hydrogens (primary N) is 1. The van der Waals surface area contributed by atoms with E-state index in [1.54, 1.807) is 6.07 Å². The summed E-state index contributed by atoms with van der Waals surface area (Å²) < 4.78 is 38.8. The molecule has 0 bridgehead atoms. The maximum Gasteiger partial charge on any atom is 0.451 e. The number of halogens is 3. The van der Waals surface area contributed by atoms with Crippen LogP contribution in [0.4, 0.5) is 13.2 Å². The summed E-state index contributed by atoms with van der Waals surface area (Å²) in [5, 5.41) is 0. The first-order chi connectivity index (χ1) is 15.1. The van der Waals surface area contributed by atoms with Crippen LogP contribution in [-0.2, 0) is 25.7 Å². The maximum atomic E-state index is 12.9. The Bertz CT molecular complexity index is 1190. The number of aromatic nitrogens is 3. The van der Waals surface area contributed by atoms with Crippen LogP contribution in [-0.4, -0.2) is 32.3 Å². The van der Waals surface area contributed by atoms with Crippen LogP contribution in [0.25, 0.3) is 11.1 Å². The Morgan fingerprint density at radius 3 is 2.59 bits per heavy atom. The number of rotatable bonds is 4. The monoisotopic (exact) mass is 441 g/mol. The highest BCUT2D eigenvalue weighted by Crippen LogP contribution is 2.33. The lowest BCUT2D eigenvalue weighted by Gasteiger charge is -2.30. The molecule has 1 amide bonds. The number of fused-ring (bicyclic) bond motifs is 1. The average Bonchev–Trinajstić information content (AvgIpc) is 2.72. The van der Waals surface area contributed by atoms with E-state index in [2.05, 4.69) is 21.0 Å². The minimum Gasteiger partial charge on any atom is -0.364 e. The second-order valence-corrected chi connectivity index (χ2v) is 7.99. The minimum absolute atomic E-state index is 0.168. The maximum absolute atomic E-state index is 12.9. The molecule has 9 heteroatoms. The van der Waals surface area contributed by atoms with Crippen LogP contribution in [0.15, 0.2) is 36.5 Å². The normalized spacial score (nSPS) is 14.3. The molecule has 2 aromatic heterocycles. The lowest BCUT2D eigenvalue weighted by molar-refractivity contribution is -0.145. The van der Waals surface area contributed by atoms with Gasteiger partial charge in [-0.15, -0.1) is 0 Å². The lowest BCUT2D eigenvalue weighted by atomic mass is 9.90. The Morgan fingerprint density at radius 1 is 1.12 bits per heavy atom. The Labute approximate surface area is 183 Å². The molecule has 0 spiro atoms. The number of benzene rings is 1. The molecule has 0 saturated carbocycles. The van der Waals surface area contributed by atoms with Gasteiger partial charge in [-0.05, 0) is 54.7 Å². The Kier molecular flexibility index (Phi) is 5.68. The highest BCUT2D eigenvalue weighted by Gasteiger charge is 2.34. The van der Waals surface area contributed by atoms with E-state index in [4.69, 9.17) is 5.73 Å². The highest BCUT2D eigenvalue weighted by atomic mass is 19.4. The third-order valence-corrected chi connectivity index (χ3v) is 5.54. The van der Waals surface area contributed by atoms with Gasteiger partial charge in [-0.3, -0.25) is 9.69 Å². The number of nitrogens with zero attached hydrogens (tertiary/aromatic N) is 4. The van der Waals surface area contributed by atoms with Gasteiger partial charge in [-0.25, -0.2) is 15.0 Å². The number of amides is 1. The zero-order valence-corrected chi connectivity index (χ0v) is 17.7. The molecule has 0 radical (unpaired) electrons. The SMILES string of the molecule is Cc1ccc(-c2cc(C(N)=O)nc3c2CCN(Cc2ccnc(C(F)(F)F)n2)C3)c(C)c1. The molecule has 1 aromatic carbocycles. The average molecular weight is 441 g/mol. The summed E-state index contributed by atoms with van der Waals surface area (Å²) in [7, 11) is 0. The van der Waals surface area contributed by atoms with E-state index < -0.39 is 17.9 Å². The van der Waals surface area contributed by atoms with Gasteiger partial charge in [-0.1, -0.05) is 23.8 Å².